The Morgan fingerprint density at radius 2 is 1.03 bits per heavy atom. The van der Waals surface area contributed by atoms with Crippen LogP contribution in [0.25, 0.3) is 76.4 Å². The van der Waals surface area contributed by atoms with Crippen LogP contribution in [0.4, 0.5) is 0 Å². The van der Waals surface area contributed by atoms with Gasteiger partial charge in [-0.05, 0) is 86.6 Å². The van der Waals surface area contributed by atoms with Crippen molar-refractivity contribution in [1.29, 1.82) is 0 Å². The van der Waals surface area contributed by atoms with Crippen molar-refractivity contribution in [3.05, 3.63) is 121 Å². The molecule has 8 aromatic rings. The highest BCUT2D eigenvalue weighted by atomic mass is 14.8. The molecule has 2 heterocycles. The summed E-state index contributed by atoms with van der Waals surface area (Å²) in [7, 11) is 0. The van der Waals surface area contributed by atoms with Crippen molar-refractivity contribution in [2.75, 3.05) is 0 Å². The Bertz CT molecular complexity index is 2190. The standard InChI is InChI=1S/C36H24N2/c1-21-9-10-26-15-18-31-32(19-22(2)38-36(31)35(26)37-21)28-8-4-7-27(20-28)29-16-13-25-12-11-23-5-3-6-24-14-17-30(29)34(25)33(23)24/h3-20H,1-2H3. The van der Waals surface area contributed by atoms with E-state index in [1.807, 2.05) is 6.92 Å². The maximum Gasteiger partial charge on any atom is 0.0974 e. The zero-order valence-electron chi connectivity index (χ0n) is 21.3. The van der Waals surface area contributed by atoms with Crippen molar-refractivity contribution in [1.82, 2.24) is 9.97 Å². The van der Waals surface area contributed by atoms with Gasteiger partial charge in [-0.1, -0.05) is 91.0 Å². The lowest BCUT2D eigenvalue weighted by Crippen LogP contribution is -1.93. The quantitative estimate of drug-likeness (QED) is 0.228. The molecule has 0 aliphatic heterocycles. The summed E-state index contributed by atoms with van der Waals surface area (Å²) in [4.78, 5) is 9.79. The molecule has 0 aliphatic rings. The van der Waals surface area contributed by atoms with Crippen LogP contribution in [0.3, 0.4) is 0 Å². The number of nitrogens with zero attached hydrogens (tertiary/aromatic N) is 2. The van der Waals surface area contributed by atoms with Gasteiger partial charge in [-0.25, -0.2) is 0 Å². The number of rotatable bonds is 2. The van der Waals surface area contributed by atoms with Crippen LogP contribution in [0.2, 0.25) is 0 Å². The lowest BCUT2D eigenvalue weighted by Gasteiger charge is -2.15. The smallest absolute Gasteiger partial charge is 0.0974 e. The monoisotopic (exact) mass is 484 g/mol. The number of benzene rings is 6. The SMILES string of the molecule is Cc1ccc2ccc3c(-c4cccc(-c5ccc6ccc7cccc8ccc5c6c78)c4)cc(C)nc3c2n1. The molecule has 2 heteroatoms. The fourth-order valence-corrected chi connectivity index (χ4v) is 6.18. The summed E-state index contributed by atoms with van der Waals surface area (Å²) < 4.78 is 0. The van der Waals surface area contributed by atoms with Gasteiger partial charge in [0.1, 0.15) is 0 Å². The molecule has 2 nitrogen and oxygen atoms in total. The first-order chi connectivity index (χ1) is 18.6. The van der Waals surface area contributed by atoms with Crippen LogP contribution >= 0.6 is 0 Å². The van der Waals surface area contributed by atoms with E-state index in [1.54, 1.807) is 0 Å². The van der Waals surface area contributed by atoms with Crippen LogP contribution in [-0.4, -0.2) is 9.97 Å². The summed E-state index contributed by atoms with van der Waals surface area (Å²) in [6.45, 7) is 4.11. The molecule has 0 aliphatic carbocycles. The number of hydrogen-bond donors (Lipinski definition) is 0. The summed E-state index contributed by atoms with van der Waals surface area (Å²) in [5, 5.41) is 10.1. The molecule has 0 unspecified atom stereocenters. The van der Waals surface area contributed by atoms with E-state index in [9.17, 15) is 0 Å². The summed E-state index contributed by atoms with van der Waals surface area (Å²) in [5.41, 5.74) is 8.80. The highest BCUT2D eigenvalue weighted by Crippen LogP contribution is 2.40. The zero-order valence-corrected chi connectivity index (χ0v) is 21.3. The topological polar surface area (TPSA) is 25.8 Å². The minimum atomic E-state index is 0.967. The van der Waals surface area contributed by atoms with Crippen molar-refractivity contribution < 1.29 is 0 Å². The molecular weight excluding hydrogens is 460 g/mol. The summed E-state index contributed by atoms with van der Waals surface area (Å²) in [5.74, 6) is 0. The molecule has 178 valence electrons. The molecule has 0 atom stereocenters. The summed E-state index contributed by atoms with van der Waals surface area (Å²) >= 11 is 0. The van der Waals surface area contributed by atoms with Gasteiger partial charge in [-0.2, -0.15) is 0 Å². The van der Waals surface area contributed by atoms with Crippen molar-refractivity contribution in [3.63, 3.8) is 0 Å². The Kier molecular flexibility index (Phi) is 4.39. The maximum atomic E-state index is 4.94. The van der Waals surface area contributed by atoms with Crippen molar-refractivity contribution in [2.24, 2.45) is 0 Å². The first kappa shape index (κ1) is 21.3. The fraction of sp³-hybridized carbons (Fsp3) is 0.0556. The van der Waals surface area contributed by atoms with E-state index in [2.05, 4.69) is 116 Å². The third kappa shape index (κ3) is 3.07. The van der Waals surface area contributed by atoms with E-state index in [0.29, 0.717) is 0 Å². The van der Waals surface area contributed by atoms with Crippen LogP contribution < -0.4 is 0 Å². The molecule has 2 aromatic heterocycles. The molecule has 0 spiro atoms. The molecule has 6 aromatic carbocycles. The lowest BCUT2D eigenvalue weighted by atomic mass is 9.89. The van der Waals surface area contributed by atoms with Crippen LogP contribution in [0.1, 0.15) is 11.4 Å². The molecule has 8 rings (SSSR count). The number of aromatic nitrogens is 2. The van der Waals surface area contributed by atoms with Gasteiger partial charge in [-0.15, -0.1) is 0 Å². The molecule has 0 N–H and O–H groups in total. The van der Waals surface area contributed by atoms with Crippen LogP contribution in [0, 0.1) is 13.8 Å². The molecule has 0 bridgehead atoms. The van der Waals surface area contributed by atoms with E-state index in [0.717, 1.165) is 33.2 Å². The molecule has 0 amide bonds. The average Bonchev–Trinajstić information content (AvgIpc) is 2.95. The summed E-state index contributed by atoms with van der Waals surface area (Å²) in [6.07, 6.45) is 0. The minimum Gasteiger partial charge on any atom is -0.251 e. The van der Waals surface area contributed by atoms with E-state index in [1.165, 1.54) is 54.6 Å². The Balaban J connectivity index is 1.38. The highest BCUT2D eigenvalue weighted by Gasteiger charge is 2.14. The second-order valence-corrected chi connectivity index (χ2v) is 10.3. The maximum absolute atomic E-state index is 4.94. The predicted molar refractivity (Wildman–Crippen MR) is 161 cm³/mol. The van der Waals surface area contributed by atoms with Crippen LogP contribution in [0.5, 0.6) is 0 Å². The number of aryl methyl sites for hydroxylation is 2. The van der Waals surface area contributed by atoms with Gasteiger partial charge in [0.2, 0.25) is 0 Å². The van der Waals surface area contributed by atoms with Gasteiger partial charge in [-0.3, -0.25) is 9.97 Å². The Hall–Kier alpha value is -4.82. The van der Waals surface area contributed by atoms with E-state index >= 15 is 0 Å². The predicted octanol–water partition coefficient (Wildman–Crippen LogP) is 9.63. The van der Waals surface area contributed by atoms with Gasteiger partial charge in [0.15, 0.2) is 0 Å². The zero-order chi connectivity index (χ0) is 25.4. The second kappa shape index (κ2) is 7.84. The number of pyridine rings is 2. The molecule has 0 radical (unpaired) electrons. The summed E-state index contributed by atoms with van der Waals surface area (Å²) in [6, 6.07) is 39.8. The van der Waals surface area contributed by atoms with Crippen molar-refractivity contribution in [3.8, 4) is 22.3 Å². The van der Waals surface area contributed by atoms with Crippen LogP contribution in [-0.2, 0) is 0 Å². The third-order valence-electron chi connectivity index (χ3n) is 7.92. The van der Waals surface area contributed by atoms with Gasteiger partial charge in [0.05, 0.1) is 11.0 Å². The first-order valence-corrected chi connectivity index (χ1v) is 13.1. The minimum absolute atomic E-state index is 0.967. The van der Waals surface area contributed by atoms with Gasteiger partial charge in [0.25, 0.3) is 0 Å². The molecular formula is C36H24N2. The van der Waals surface area contributed by atoms with E-state index in [-0.39, 0.29) is 0 Å². The number of fused-ring (bicyclic) bond motifs is 3. The Morgan fingerprint density at radius 3 is 1.87 bits per heavy atom. The Labute approximate surface area is 220 Å². The van der Waals surface area contributed by atoms with Gasteiger partial charge >= 0.3 is 0 Å². The Morgan fingerprint density at radius 1 is 0.421 bits per heavy atom. The molecule has 0 saturated heterocycles. The van der Waals surface area contributed by atoms with Crippen LogP contribution in [0.15, 0.2) is 109 Å². The fourth-order valence-electron chi connectivity index (χ4n) is 6.18. The molecule has 0 fully saturated rings. The highest BCUT2D eigenvalue weighted by molar-refractivity contribution is 6.25. The first-order valence-electron chi connectivity index (χ1n) is 13.1. The normalized spacial score (nSPS) is 11.9. The molecule has 0 saturated carbocycles. The van der Waals surface area contributed by atoms with Crippen molar-refractivity contribution >= 4 is 54.1 Å². The van der Waals surface area contributed by atoms with E-state index < -0.39 is 0 Å². The average molecular weight is 485 g/mol. The molecule has 38 heavy (non-hydrogen) atoms. The number of hydrogen-bond acceptors (Lipinski definition) is 2. The van der Waals surface area contributed by atoms with Gasteiger partial charge < -0.3 is 0 Å². The van der Waals surface area contributed by atoms with Gasteiger partial charge in [0, 0.05) is 22.2 Å². The van der Waals surface area contributed by atoms with Crippen molar-refractivity contribution in [2.45, 2.75) is 13.8 Å². The second-order valence-electron chi connectivity index (χ2n) is 10.3. The lowest BCUT2D eigenvalue weighted by molar-refractivity contribution is 1.23. The largest absolute Gasteiger partial charge is 0.251 e. The van der Waals surface area contributed by atoms with E-state index in [4.69, 9.17) is 9.97 Å². The third-order valence-corrected chi connectivity index (χ3v) is 7.92.